The molecule has 2 aromatic carbocycles. The lowest BCUT2D eigenvalue weighted by molar-refractivity contribution is 0.0995. The Morgan fingerprint density at radius 3 is 2.61 bits per heavy atom. The number of imidazole rings is 1. The Kier molecular flexibility index (Phi) is 9.37. The molecule has 1 aromatic heterocycles. The Balaban J connectivity index is 0.00000341. The van der Waals surface area contributed by atoms with Gasteiger partial charge in [-0.25, -0.2) is 4.98 Å². The highest BCUT2D eigenvalue weighted by Gasteiger charge is 2.10. The van der Waals surface area contributed by atoms with Crippen molar-refractivity contribution in [2.75, 3.05) is 7.11 Å². The van der Waals surface area contributed by atoms with Crippen LogP contribution in [0, 0.1) is 0 Å². The minimum atomic E-state index is -0.575. The summed E-state index contributed by atoms with van der Waals surface area (Å²) in [4.78, 5) is 15.0. The molecule has 3 rings (SSSR count). The van der Waals surface area contributed by atoms with Crippen LogP contribution in [0.25, 0.3) is 0 Å². The van der Waals surface area contributed by atoms with Crippen LogP contribution in [0.3, 0.4) is 0 Å². The normalized spacial score (nSPS) is 11.4. The number of aromatic nitrogens is 2. The van der Waals surface area contributed by atoms with Gasteiger partial charge in [0.15, 0.2) is 0 Å². The summed E-state index contributed by atoms with van der Waals surface area (Å²) in [7, 11) is 1.65. The van der Waals surface area contributed by atoms with Crippen molar-refractivity contribution in [2.24, 2.45) is 5.73 Å². The number of para-hydroxylation sites is 1. The number of methoxy groups -OCH3 is 1. The number of benzene rings is 2. The fourth-order valence-corrected chi connectivity index (χ4v) is 3.18. The predicted molar refractivity (Wildman–Crippen MR) is 121 cm³/mol. The SMILES string of the molecule is COc1ccc(COc2ccccc2CCC[C@H](O)Cn2cnc(C(N)=O)c2)cc1.Cl. The van der Waals surface area contributed by atoms with Gasteiger partial charge in [-0.3, -0.25) is 4.79 Å². The number of aliphatic hydroxyl groups is 1. The van der Waals surface area contributed by atoms with E-state index in [1.54, 1.807) is 17.9 Å². The van der Waals surface area contributed by atoms with Gasteiger partial charge in [-0.15, -0.1) is 12.4 Å². The number of halogens is 1. The van der Waals surface area contributed by atoms with Crippen molar-refractivity contribution in [3.63, 3.8) is 0 Å². The lowest BCUT2D eigenvalue weighted by atomic mass is 10.0. The van der Waals surface area contributed by atoms with Crippen molar-refractivity contribution in [3.05, 3.63) is 77.9 Å². The molecule has 0 fully saturated rings. The van der Waals surface area contributed by atoms with Crippen LogP contribution in [0.2, 0.25) is 0 Å². The third-order valence-electron chi connectivity index (χ3n) is 4.82. The Morgan fingerprint density at radius 1 is 1.19 bits per heavy atom. The van der Waals surface area contributed by atoms with Crippen molar-refractivity contribution in [1.82, 2.24) is 9.55 Å². The van der Waals surface area contributed by atoms with E-state index in [9.17, 15) is 9.90 Å². The van der Waals surface area contributed by atoms with E-state index in [1.165, 1.54) is 6.33 Å². The summed E-state index contributed by atoms with van der Waals surface area (Å²) in [6, 6.07) is 15.8. The molecule has 0 radical (unpaired) electrons. The summed E-state index contributed by atoms with van der Waals surface area (Å²) in [6.07, 6.45) is 4.75. The molecule has 0 aliphatic heterocycles. The maximum Gasteiger partial charge on any atom is 0.268 e. The number of primary amides is 1. The van der Waals surface area contributed by atoms with Gasteiger partial charge in [0.05, 0.1) is 19.5 Å². The first-order chi connectivity index (χ1) is 14.5. The van der Waals surface area contributed by atoms with Gasteiger partial charge in [0.25, 0.3) is 5.91 Å². The molecule has 0 saturated carbocycles. The van der Waals surface area contributed by atoms with Gasteiger partial charge in [0.1, 0.15) is 23.8 Å². The molecule has 3 aromatic rings. The van der Waals surface area contributed by atoms with Crippen LogP contribution in [0.1, 0.15) is 34.5 Å². The van der Waals surface area contributed by atoms with Crippen molar-refractivity contribution in [1.29, 1.82) is 0 Å². The summed E-state index contributed by atoms with van der Waals surface area (Å²) >= 11 is 0. The number of nitrogens with two attached hydrogens (primary N) is 1. The molecule has 1 amide bonds. The average Bonchev–Trinajstić information content (AvgIpc) is 3.22. The van der Waals surface area contributed by atoms with Crippen molar-refractivity contribution in [3.8, 4) is 11.5 Å². The Bertz CT molecular complexity index is 959. The van der Waals surface area contributed by atoms with E-state index in [0.29, 0.717) is 19.6 Å². The molecule has 0 aliphatic carbocycles. The molecule has 0 spiro atoms. The quantitative estimate of drug-likeness (QED) is 0.471. The summed E-state index contributed by atoms with van der Waals surface area (Å²) < 4.78 is 12.9. The summed E-state index contributed by atoms with van der Waals surface area (Å²) in [6.45, 7) is 0.850. The number of aliphatic hydroxyl groups excluding tert-OH is 1. The monoisotopic (exact) mass is 445 g/mol. The third kappa shape index (κ3) is 7.31. The standard InChI is InChI=1S/C23H27N3O4.ClH/c1-29-20-11-9-17(10-12-20)15-30-22-8-3-2-5-18(22)6-4-7-19(27)13-26-14-21(23(24)28)25-16-26;/h2-3,5,8-12,14,16,19,27H,4,6-7,13,15H2,1H3,(H2,24,28);1H/t19-;/m0./s1. The number of ether oxygens (including phenoxy) is 2. The highest BCUT2D eigenvalue weighted by molar-refractivity contribution is 5.90. The second kappa shape index (κ2) is 12.0. The van der Waals surface area contributed by atoms with Crippen LogP contribution in [-0.4, -0.2) is 33.8 Å². The molecule has 0 bridgehead atoms. The smallest absolute Gasteiger partial charge is 0.268 e. The number of carbonyl (C=O) groups excluding carboxylic acids is 1. The molecule has 1 atom stereocenters. The lowest BCUT2D eigenvalue weighted by Gasteiger charge is -2.14. The number of hydrogen-bond donors (Lipinski definition) is 2. The van der Waals surface area contributed by atoms with E-state index < -0.39 is 12.0 Å². The van der Waals surface area contributed by atoms with Crippen LogP contribution in [-0.2, 0) is 19.6 Å². The molecule has 3 N–H and O–H groups in total. The zero-order valence-corrected chi connectivity index (χ0v) is 18.3. The zero-order chi connectivity index (χ0) is 21.3. The van der Waals surface area contributed by atoms with Gasteiger partial charge >= 0.3 is 0 Å². The zero-order valence-electron chi connectivity index (χ0n) is 17.4. The van der Waals surface area contributed by atoms with Gasteiger partial charge in [-0.2, -0.15) is 0 Å². The number of carbonyl (C=O) groups is 1. The number of nitrogens with zero attached hydrogens (tertiary/aromatic N) is 2. The van der Waals surface area contributed by atoms with Crippen LogP contribution in [0.5, 0.6) is 11.5 Å². The minimum Gasteiger partial charge on any atom is -0.497 e. The van der Waals surface area contributed by atoms with E-state index in [0.717, 1.165) is 35.5 Å². The molecule has 7 nitrogen and oxygen atoms in total. The molecular weight excluding hydrogens is 418 g/mol. The van der Waals surface area contributed by atoms with Crippen LogP contribution < -0.4 is 15.2 Å². The molecule has 0 aliphatic rings. The van der Waals surface area contributed by atoms with Crippen LogP contribution in [0.15, 0.2) is 61.1 Å². The van der Waals surface area contributed by atoms with Crippen LogP contribution in [0.4, 0.5) is 0 Å². The maximum absolute atomic E-state index is 11.1. The van der Waals surface area contributed by atoms with Gasteiger partial charge < -0.3 is 24.9 Å². The number of aryl methyl sites for hydroxylation is 1. The fraction of sp³-hybridized carbons (Fsp3) is 0.304. The molecule has 0 unspecified atom stereocenters. The summed E-state index contributed by atoms with van der Waals surface area (Å²) in [5, 5.41) is 10.3. The topological polar surface area (TPSA) is 99.6 Å². The number of hydrogen-bond acceptors (Lipinski definition) is 5. The van der Waals surface area contributed by atoms with E-state index in [4.69, 9.17) is 15.2 Å². The van der Waals surface area contributed by atoms with Crippen molar-refractivity contribution >= 4 is 18.3 Å². The molecule has 0 saturated heterocycles. The first-order valence-corrected chi connectivity index (χ1v) is 9.88. The maximum atomic E-state index is 11.1. The predicted octanol–water partition coefficient (Wildman–Crippen LogP) is 3.38. The number of rotatable bonds is 11. The van der Waals surface area contributed by atoms with E-state index in [-0.39, 0.29) is 18.1 Å². The third-order valence-corrected chi connectivity index (χ3v) is 4.82. The second-order valence-corrected chi connectivity index (χ2v) is 7.11. The highest BCUT2D eigenvalue weighted by Crippen LogP contribution is 2.22. The van der Waals surface area contributed by atoms with Gasteiger partial charge in [-0.05, 0) is 48.6 Å². The largest absolute Gasteiger partial charge is 0.497 e. The Labute approximate surface area is 188 Å². The van der Waals surface area contributed by atoms with E-state index in [2.05, 4.69) is 4.98 Å². The lowest BCUT2D eigenvalue weighted by Crippen LogP contribution is -2.15. The first-order valence-electron chi connectivity index (χ1n) is 9.88. The van der Waals surface area contributed by atoms with Crippen LogP contribution >= 0.6 is 12.4 Å². The van der Waals surface area contributed by atoms with Gasteiger partial charge in [0, 0.05) is 12.7 Å². The highest BCUT2D eigenvalue weighted by atomic mass is 35.5. The first kappa shape index (κ1) is 24.2. The molecule has 8 heteroatoms. The molecule has 31 heavy (non-hydrogen) atoms. The number of amides is 1. The summed E-state index contributed by atoms with van der Waals surface area (Å²) in [5.74, 6) is 1.09. The van der Waals surface area contributed by atoms with E-state index >= 15 is 0 Å². The minimum absolute atomic E-state index is 0. The van der Waals surface area contributed by atoms with Gasteiger partial charge in [0.2, 0.25) is 0 Å². The molecule has 166 valence electrons. The Hall–Kier alpha value is -3.03. The van der Waals surface area contributed by atoms with E-state index in [1.807, 2.05) is 48.5 Å². The molecular formula is C23H28ClN3O4. The summed E-state index contributed by atoms with van der Waals surface area (Å²) in [5.41, 5.74) is 7.57. The second-order valence-electron chi connectivity index (χ2n) is 7.11. The Morgan fingerprint density at radius 2 is 1.94 bits per heavy atom. The van der Waals surface area contributed by atoms with Crippen molar-refractivity contribution < 1.29 is 19.4 Å². The van der Waals surface area contributed by atoms with Gasteiger partial charge in [-0.1, -0.05) is 30.3 Å². The van der Waals surface area contributed by atoms with Crippen molar-refractivity contribution in [2.45, 2.75) is 38.5 Å². The average molecular weight is 446 g/mol. The fourth-order valence-electron chi connectivity index (χ4n) is 3.18. The molecule has 1 heterocycles.